The smallest absolute Gasteiger partial charge is 0.410 e. The zero-order valence-corrected chi connectivity index (χ0v) is 15.8. The predicted molar refractivity (Wildman–Crippen MR) is 93.8 cm³/mol. The molecular formula is C17H32N4O2. The van der Waals surface area contributed by atoms with Crippen molar-refractivity contribution in [3.8, 4) is 0 Å². The Kier molecular flexibility index (Phi) is 6.08. The molecule has 1 N–H and O–H groups in total. The van der Waals surface area contributed by atoms with Gasteiger partial charge in [0, 0.05) is 30.9 Å². The molecule has 0 fully saturated rings. The van der Waals surface area contributed by atoms with Gasteiger partial charge in [0.1, 0.15) is 5.60 Å². The second-order valence-electron chi connectivity index (χ2n) is 8.03. The quantitative estimate of drug-likeness (QED) is 0.892. The standard InChI is InChI=1S/C17H32N4O2/c1-13(2)21-12-14(11-19-21)18-9-10-20(16(3,4)5)15(22)23-17(6,7)8/h11-13,18H,9-10H2,1-8H3. The van der Waals surface area contributed by atoms with E-state index in [2.05, 4.69) is 24.3 Å². The summed E-state index contributed by atoms with van der Waals surface area (Å²) in [6, 6.07) is 0.332. The number of nitrogens with one attached hydrogen (secondary N) is 1. The van der Waals surface area contributed by atoms with Crippen molar-refractivity contribution in [2.45, 2.75) is 72.6 Å². The Morgan fingerprint density at radius 1 is 1.30 bits per heavy atom. The summed E-state index contributed by atoms with van der Waals surface area (Å²) in [4.78, 5) is 14.1. The Balaban J connectivity index is 2.62. The van der Waals surface area contributed by atoms with Crippen LogP contribution in [0.1, 0.15) is 61.4 Å². The molecule has 0 aliphatic carbocycles. The topological polar surface area (TPSA) is 59.4 Å². The summed E-state index contributed by atoms with van der Waals surface area (Å²) in [6.45, 7) is 17.0. The van der Waals surface area contributed by atoms with Gasteiger partial charge in [0.05, 0.1) is 11.9 Å². The summed E-state index contributed by atoms with van der Waals surface area (Å²) in [5.41, 5.74) is 0.162. The lowest BCUT2D eigenvalue weighted by Crippen LogP contribution is -2.49. The number of carbonyl (C=O) groups excluding carboxylic acids is 1. The van der Waals surface area contributed by atoms with Gasteiger partial charge in [0.2, 0.25) is 0 Å². The highest BCUT2D eigenvalue weighted by Gasteiger charge is 2.30. The number of hydrogen-bond donors (Lipinski definition) is 1. The van der Waals surface area contributed by atoms with Crippen LogP contribution in [0.3, 0.4) is 0 Å². The summed E-state index contributed by atoms with van der Waals surface area (Å²) in [5.74, 6) is 0. The van der Waals surface area contributed by atoms with Crippen molar-refractivity contribution < 1.29 is 9.53 Å². The van der Waals surface area contributed by atoms with Crippen LogP contribution >= 0.6 is 0 Å². The van der Waals surface area contributed by atoms with Gasteiger partial charge in [-0.25, -0.2) is 4.79 Å². The highest BCUT2D eigenvalue weighted by Crippen LogP contribution is 2.18. The van der Waals surface area contributed by atoms with Gasteiger partial charge in [-0.1, -0.05) is 0 Å². The SMILES string of the molecule is CC(C)n1cc(NCCN(C(=O)OC(C)(C)C)C(C)(C)C)cn1. The van der Waals surface area contributed by atoms with Crippen molar-refractivity contribution in [1.82, 2.24) is 14.7 Å². The molecule has 1 aromatic heterocycles. The summed E-state index contributed by atoms with van der Waals surface area (Å²) in [6.07, 6.45) is 3.48. The fourth-order valence-corrected chi connectivity index (χ4v) is 2.04. The van der Waals surface area contributed by atoms with E-state index in [-0.39, 0.29) is 11.6 Å². The number of hydrogen-bond acceptors (Lipinski definition) is 4. The molecule has 6 heteroatoms. The summed E-state index contributed by atoms with van der Waals surface area (Å²) in [7, 11) is 0. The zero-order chi connectivity index (χ0) is 17.8. The van der Waals surface area contributed by atoms with E-state index in [1.807, 2.05) is 52.4 Å². The van der Waals surface area contributed by atoms with E-state index in [1.54, 1.807) is 11.1 Å². The largest absolute Gasteiger partial charge is 0.444 e. The van der Waals surface area contributed by atoms with Crippen molar-refractivity contribution in [2.75, 3.05) is 18.4 Å². The lowest BCUT2D eigenvalue weighted by Gasteiger charge is -2.36. The Bertz CT molecular complexity index is 509. The molecule has 0 saturated heterocycles. The molecular weight excluding hydrogens is 292 g/mol. The van der Waals surface area contributed by atoms with Crippen LogP contribution in [0.2, 0.25) is 0 Å². The van der Waals surface area contributed by atoms with E-state index in [0.29, 0.717) is 19.1 Å². The lowest BCUT2D eigenvalue weighted by molar-refractivity contribution is 0.00749. The van der Waals surface area contributed by atoms with Crippen molar-refractivity contribution in [3.05, 3.63) is 12.4 Å². The summed E-state index contributed by atoms with van der Waals surface area (Å²) >= 11 is 0. The number of nitrogens with zero attached hydrogens (tertiary/aromatic N) is 3. The second-order valence-corrected chi connectivity index (χ2v) is 8.03. The van der Waals surface area contributed by atoms with Crippen LogP contribution in [0, 0.1) is 0 Å². The molecule has 0 radical (unpaired) electrons. The molecule has 132 valence electrons. The van der Waals surface area contributed by atoms with E-state index in [1.165, 1.54) is 0 Å². The van der Waals surface area contributed by atoms with Gasteiger partial charge in [0.25, 0.3) is 0 Å². The molecule has 1 rings (SSSR count). The molecule has 1 amide bonds. The van der Waals surface area contributed by atoms with Crippen LogP contribution in [-0.4, -0.2) is 45.0 Å². The van der Waals surface area contributed by atoms with Crippen LogP contribution in [0.4, 0.5) is 10.5 Å². The molecule has 1 heterocycles. The van der Waals surface area contributed by atoms with Gasteiger partial charge in [-0.3, -0.25) is 4.68 Å². The number of amides is 1. The lowest BCUT2D eigenvalue weighted by atomic mass is 10.1. The van der Waals surface area contributed by atoms with Crippen LogP contribution in [0.15, 0.2) is 12.4 Å². The van der Waals surface area contributed by atoms with E-state index in [0.717, 1.165) is 5.69 Å². The van der Waals surface area contributed by atoms with Gasteiger partial charge in [-0.15, -0.1) is 0 Å². The molecule has 6 nitrogen and oxygen atoms in total. The molecule has 1 aromatic rings. The third-order valence-corrected chi connectivity index (χ3v) is 3.22. The summed E-state index contributed by atoms with van der Waals surface area (Å²) in [5, 5.41) is 7.60. The predicted octanol–water partition coefficient (Wildman–Crippen LogP) is 3.91. The van der Waals surface area contributed by atoms with Gasteiger partial charge < -0.3 is 15.0 Å². The molecule has 0 aromatic carbocycles. The maximum atomic E-state index is 12.4. The summed E-state index contributed by atoms with van der Waals surface area (Å²) < 4.78 is 7.41. The van der Waals surface area contributed by atoms with Crippen LogP contribution in [-0.2, 0) is 4.74 Å². The number of anilines is 1. The van der Waals surface area contributed by atoms with E-state index >= 15 is 0 Å². The number of carbonyl (C=O) groups is 1. The molecule has 0 atom stereocenters. The molecule has 0 aliphatic heterocycles. The molecule has 0 aliphatic rings. The van der Waals surface area contributed by atoms with E-state index in [9.17, 15) is 4.79 Å². The molecule has 23 heavy (non-hydrogen) atoms. The minimum atomic E-state index is -0.494. The Morgan fingerprint density at radius 3 is 2.35 bits per heavy atom. The third-order valence-electron chi connectivity index (χ3n) is 3.22. The number of rotatable bonds is 5. The van der Waals surface area contributed by atoms with Crippen LogP contribution in [0.25, 0.3) is 0 Å². The van der Waals surface area contributed by atoms with Crippen molar-refractivity contribution in [3.63, 3.8) is 0 Å². The highest BCUT2D eigenvalue weighted by molar-refractivity contribution is 5.69. The zero-order valence-electron chi connectivity index (χ0n) is 15.8. The number of aromatic nitrogens is 2. The first-order chi connectivity index (χ1) is 10.4. The first-order valence-corrected chi connectivity index (χ1v) is 8.19. The van der Waals surface area contributed by atoms with Crippen molar-refractivity contribution >= 4 is 11.8 Å². The molecule has 0 bridgehead atoms. The first kappa shape index (κ1) is 19.3. The number of ether oxygens (including phenoxy) is 1. The van der Waals surface area contributed by atoms with Crippen LogP contribution < -0.4 is 5.32 Å². The Labute approximate surface area is 140 Å². The fraction of sp³-hybridized carbons (Fsp3) is 0.765. The average molecular weight is 324 g/mol. The highest BCUT2D eigenvalue weighted by atomic mass is 16.6. The monoisotopic (exact) mass is 324 g/mol. The first-order valence-electron chi connectivity index (χ1n) is 8.19. The van der Waals surface area contributed by atoms with Crippen molar-refractivity contribution in [2.24, 2.45) is 0 Å². The molecule has 0 spiro atoms. The minimum absolute atomic E-state index is 0.287. The Hall–Kier alpha value is -1.72. The van der Waals surface area contributed by atoms with Crippen molar-refractivity contribution in [1.29, 1.82) is 0 Å². The maximum Gasteiger partial charge on any atom is 0.410 e. The second kappa shape index (κ2) is 7.23. The average Bonchev–Trinajstić information content (AvgIpc) is 2.79. The molecule has 0 unspecified atom stereocenters. The van der Waals surface area contributed by atoms with Gasteiger partial charge in [-0.2, -0.15) is 5.10 Å². The normalized spacial score (nSPS) is 12.4. The van der Waals surface area contributed by atoms with E-state index < -0.39 is 5.60 Å². The van der Waals surface area contributed by atoms with Gasteiger partial charge in [-0.05, 0) is 55.4 Å². The maximum absolute atomic E-state index is 12.4. The fourth-order valence-electron chi connectivity index (χ4n) is 2.04. The third kappa shape index (κ3) is 6.50. The van der Waals surface area contributed by atoms with Gasteiger partial charge >= 0.3 is 6.09 Å². The molecule has 0 saturated carbocycles. The minimum Gasteiger partial charge on any atom is -0.444 e. The van der Waals surface area contributed by atoms with E-state index in [4.69, 9.17) is 4.74 Å². The van der Waals surface area contributed by atoms with Gasteiger partial charge in [0.15, 0.2) is 0 Å². The Morgan fingerprint density at radius 2 is 1.91 bits per heavy atom. The van der Waals surface area contributed by atoms with Crippen LogP contribution in [0.5, 0.6) is 0 Å².